The largest absolute Gasteiger partial charge is 0.386 e. The minimum absolute atomic E-state index is 0.117. The number of benzene rings is 2. The van der Waals surface area contributed by atoms with Crippen LogP contribution < -0.4 is 5.56 Å². The monoisotopic (exact) mass is 314 g/mol. The Morgan fingerprint density at radius 3 is 2.64 bits per heavy atom. The first-order valence-electron chi connectivity index (χ1n) is 6.96. The molecule has 112 valence electrons. The predicted molar refractivity (Wildman–Crippen MR) is 87.2 cm³/mol. The van der Waals surface area contributed by atoms with Gasteiger partial charge in [-0.05, 0) is 25.1 Å². The molecule has 0 amide bonds. The second-order valence-corrected chi connectivity index (χ2v) is 5.54. The van der Waals surface area contributed by atoms with Gasteiger partial charge in [-0.3, -0.25) is 9.36 Å². The first-order valence-corrected chi connectivity index (χ1v) is 7.34. The first-order chi connectivity index (χ1) is 10.6. The van der Waals surface area contributed by atoms with E-state index in [1.54, 1.807) is 49.4 Å². The summed E-state index contributed by atoms with van der Waals surface area (Å²) in [6.07, 6.45) is -0.868. The van der Waals surface area contributed by atoms with Crippen molar-refractivity contribution in [3.8, 4) is 0 Å². The van der Waals surface area contributed by atoms with E-state index in [2.05, 4.69) is 4.98 Å². The van der Waals surface area contributed by atoms with Crippen molar-refractivity contribution in [1.29, 1.82) is 0 Å². The number of hydrogen-bond donors (Lipinski definition) is 1. The Labute approximate surface area is 132 Å². The van der Waals surface area contributed by atoms with Crippen LogP contribution in [0.1, 0.15) is 17.5 Å². The van der Waals surface area contributed by atoms with Gasteiger partial charge in [0.15, 0.2) is 0 Å². The predicted octanol–water partition coefficient (Wildman–Crippen LogP) is 3.09. The summed E-state index contributed by atoms with van der Waals surface area (Å²) in [7, 11) is 0. The van der Waals surface area contributed by atoms with Gasteiger partial charge in [-0.25, -0.2) is 4.98 Å². The Hall–Kier alpha value is -2.17. The molecule has 1 N–H and O–H groups in total. The third kappa shape index (κ3) is 2.63. The van der Waals surface area contributed by atoms with Crippen molar-refractivity contribution < 1.29 is 5.11 Å². The Kier molecular flexibility index (Phi) is 3.96. The van der Waals surface area contributed by atoms with Crippen LogP contribution in [-0.2, 0) is 6.54 Å². The molecule has 0 aliphatic heterocycles. The van der Waals surface area contributed by atoms with Gasteiger partial charge in [0.2, 0.25) is 0 Å². The number of nitrogens with zero attached hydrogens (tertiary/aromatic N) is 2. The lowest BCUT2D eigenvalue weighted by atomic mass is 10.1. The molecule has 0 radical (unpaired) electrons. The summed E-state index contributed by atoms with van der Waals surface area (Å²) in [5, 5.41) is 11.4. The van der Waals surface area contributed by atoms with Crippen LogP contribution in [0, 0.1) is 6.92 Å². The highest BCUT2D eigenvalue weighted by Gasteiger charge is 2.15. The van der Waals surface area contributed by atoms with Crippen LogP contribution in [0.2, 0.25) is 5.02 Å². The highest BCUT2D eigenvalue weighted by molar-refractivity contribution is 6.31. The summed E-state index contributed by atoms with van der Waals surface area (Å²) in [5.74, 6) is 0.565. The maximum Gasteiger partial charge on any atom is 0.261 e. The molecule has 0 saturated carbocycles. The van der Waals surface area contributed by atoms with E-state index in [1.165, 1.54) is 4.57 Å². The highest BCUT2D eigenvalue weighted by Crippen LogP contribution is 2.23. The van der Waals surface area contributed by atoms with Crippen LogP contribution in [0.3, 0.4) is 0 Å². The smallest absolute Gasteiger partial charge is 0.261 e. The minimum Gasteiger partial charge on any atom is -0.386 e. The molecule has 0 spiro atoms. The number of aryl methyl sites for hydroxylation is 1. The first kappa shape index (κ1) is 14.8. The molecule has 1 aromatic heterocycles. The van der Waals surface area contributed by atoms with Crippen molar-refractivity contribution in [3.05, 3.63) is 75.3 Å². The number of aliphatic hydroxyl groups is 1. The van der Waals surface area contributed by atoms with Crippen molar-refractivity contribution in [2.24, 2.45) is 0 Å². The standard InChI is InChI=1S/C17H15ClN2O2/c1-11-19-15-9-5-3-7-13(15)17(22)20(11)10-16(21)12-6-2-4-8-14(12)18/h2-9,16,21H,10H2,1H3/t16-/m0/s1. The second-order valence-electron chi connectivity index (χ2n) is 5.13. The number of halogens is 1. The molecule has 5 heteroatoms. The van der Waals surface area contributed by atoms with E-state index < -0.39 is 6.10 Å². The number of fused-ring (bicyclic) bond motifs is 1. The fourth-order valence-corrected chi connectivity index (χ4v) is 2.77. The molecule has 0 unspecified atom stereocenters. The van der Waals surface area contributed by atoms with Gasteiger partial charge in [-0.1, -0.05) is 41.9 Å². The van der Waals surface area contributed by atoms with E-state index in [1.807, 2.05) is 6.07 Å². The number of hydrogen-bond acceptors (Lipinski definition) is 3. The van der Waals surface area contributed by atoms with Crippen LogP contribution in [0.5, 0.6) is 0 Å². The van der Waals surface area contributed by atoms with Crippen molar-refractivity contribution >= 4 is 22.5 Å². The quantitative estimate of drug-likeness (QED) is 0.808. The number of para-hydroxylation sites is 1. The zero-order valence-corrected chi connectivity index (χ0v) is 12.8. The van der Waals surface area contributed by atoms with Crippen LogP contribution in [0.4, 0.5) is 0 Å². The van der Waals surface area contributed by atoms with Gasteiger partial charge in [-0.2, -0.15) is 0 Å². The summed E-state index contributed by atoms with van der Waals surface area (Å²) in [4.78, 5) is 17.0. The van der Waals surface area contributed by atoms with Gasteiger partial charge in [-0.15, -0.1) is 0 Å². The molecule has 1 heterocycles. The lowest BCUT2D eigenvalue weighted by Gasteiger charge is -2.16. The van der Waals surface area contributed by atoms with E-state index in [9.17, 15) is 9.90 Å². The molecule has 1 atom stereocenters. The Morgan fingerprint density at radius 2 is 1.86 bits per heavy atom. The van der Waals surface area contributed by atoms with Crippen LogP contribution in [0.15, 0.2) is 53.3 Å². The summed E-state index contributed by atoms with van der Waals surface area (Å²) in [6.45, 7) is 1.87. The molecular weight excluding hydrogens is 300 g/mol. The van der Waals surface area contributed by atoms with Crippen LogP contribution in [-0.4, -0.2) is 14.7 Å². The zero-order chi connectivity index (χ0) is 15.7. The van der Waals surface area contributed by atoms with Gasteiger partial charge in [0.25, 0.3) is 5.56 Å². The van der Waals surface area contributed by atoms with Crippen molar-refractivity contribution in [2.75, 3.05) is 0 Å². The van der Waals surface area contributed by atoms with Gasteiger partial charge in [0.1, 0.15) is 5.82 Å². The van der Waals surface area contributed by atoms with Gasteiger partial charge >= 0.3 is 0 Å². The van der Waals surface area contributed by atoms with Crippen LogP contribution in [0.25, 0.3) is 10.9 Å². The number of rotatable bonds is 3. The van der Waals surface area contributed by atoms with Crippen molar-refractivity contribution in [1.82, 2.24) is 9.55 Å². The zero-order valence-electron chi connectivity index (χ0n) is 12.0. The summed E-state index contributed by atoms with van der Waals surface area (Å²) in [5.41, 5.74) is 1.10. The van der Waals surface area contributed by atoms with Crippen molar-refractivity contribution in [2.45, 2.75) is 19.6 Å². The third-order valence-corrected chi connectivity index (χ3v) is 4.02. The maximum atomic E-state index is 12.6. The average Bonchev–Trinajstić information content (AvgIpc) is 2.51. The Bertz CT molecular complexity index is 889. The Balaban J connectivity index is 2.04. The van der Waals surface area contributed by atoms with E-state index in [0.717, 1.165) is 0 Å². The average molecular weight is 315 g/mol. The number of aliphatic hydroxyl groups excluding tert-OH is 1. The number of aromatic nitrogens is 2. The summed E-state index contributed by atoms with van der Waals surface area (Å²) >= 11 is 6.10. The molecule has 0 bridgehead atoms. The molecule has 3 rings (SSSR count). The Morgan fingerprint density at radius 1 is 1.18 bits per heavy atom. The van der Waals surface area contributed by atoms with E-state index in [4.69, 9.17) is 11.6 Å². The van der Waals surface area contributed by atoms with E-state index in [-0.39, 0.29) is 12.1 Å². The molecule has 2 aromatic carbocycles. The van der Waals surface area contributed by atoms with Gasteiger partial charge < -0.3 is 5.11 Å². The van der Waals surface area contributed by atoms with Gasteiger partial charge in [0.05, 0.1) is 23.6 Å². The molecule has 0 saturated heterocycles. The fourth-order valence-electron chi connectivity index (χ4n) is 2.51. The molecule has 22 heavy (non-hydrogen) atoms. The second kappa shape index (κ2) is 5.91. The minimum atomic E-state index is -0.868. The molecule has 0 aliphatic carbocycles. The van der Waals surface area contributed by atoms with E-state index in [0.29, 0.717) is 27.3 Å². The topological polar surface area (TPSA) is 55.1 Å². The molecule has 0 aliphatic rings. The maximum absolute atomic E-state index is 12.6. The highest BCUT2D eigenvalue weighted by atomic mass is 35.5. The fraction of sp³-hybridized carbons (Fsp3) is 0.176. The van der Waals surface area contributed by atoms with Crippen molar-refractivity contribution in [3.63, 3.8) is 0 Å². The van der Waals surface area contributed by atoms with Crippen LogP contribution >= 0.6 is 11.6 Å². The lowest BCUT2D eigenvalue weighted by molar-refractivity contribution is 0.154. The third-order valence-electron chi connectivity index (χ3n) is 3.67. The molecule has 0 fully saturated rings. The molecule has 4 nitrogen and oxygen atoms in total. The lowest BCUT2D eigenvalue weighted by Crippen LogP contribution is -2.26. The normalized spacial score (nSPS) is 12.5. The van der Waals surface area contributed by atoms with Gasteiger partial charge in [0, 0.05) is 10.6 Å². The molecular formula is C17H15ClN2O2. The molecule has 3 aromatic rings. The summed E-state index contributed by atoms with van der Waals surface area (Å²) < 4.78 is 1.48. The summed E-state index contributed by atoms with van der Waals surface area (Å²) in [6, 6.07) is 14.3. The SMILES string of the molecule is Cc1nc2ccccc2c(=O)n1C[C@H](O)c1ccccc1Cl. The van der Waals surface area contributed by atoms with E-state index >= 15 is 0 Å².